The summed E-state index contributed by atoms with van der Waals surface area (Å²) in [5.41, 5.74) is 2.48. The molecule has 0 fully saturated rings. The summed E-state index contributed by atoms with van der Waals surface area (Å²) in [6, 6.07) is 0. The highest BCUT2D eigenvalue weighted by Crippen LogP contribution is 2.22. The molecular weight excluding hydrogens is 208 g/mol. The van der Waals surface area contributed by atoms with Gasteiger partial charge in [0.15, 0.2) is 5.16 Å². The first-order valence-corrected chi connectivity index (χ1v) is 6.40. The van der Waals surface area contributed by atoms with E-state index in [1.165, 1.54) is 11.3 Å². The Labute approximate surface area is 94.3 Å². The van der Waals surface area contributed by atoms with Crippen molar-refractivity contribution in [2.45, 2.75) is 18.0 Å². The lowest BCUT2D eigenvalue weighted by atomic mass is 10.1. The number of hydrogen-bond donors (Lipinski definition) is 2. The summed E-state index contributed by atoms with van der Waals surface area (Å²) in [6.07, 6.45) is 4.02. The normalized spacial score (nSPS) is 15.6. The molecule has 0 bridgehead atoms. The van der Waals surface area contributed by atoms with Crippen molar-refractivity contribution < 1.29 is 0 Å². The Morgan fingerprint density at radius 3 is 2.80 bits per heavy atom. The van der Waals surface area contributed by atoms with Gasteiger partial charge in [-0.25, -0.2) is 9.97 Å². The predicted molar refractivity (Wildman–Crippen MR) is 63.6 cm³/mol. The van der Waals surface area contributed by atoms with E-state index >= 15 is 0 Å². The molecule has 1 aromatic heterocycles. The van der Waals surface area contributed by atoms with Gasteiger partial charge in [-0.15, -0.1) is 0 Å². The van der Waals surface area contributed by atoms with Crippen LogP contribution in [0.2, 0.25) is 0 Å². The third kappa shape index (κ3) is 2.23. The van der Waals surface area contributed by atoms with Crippen LogP contribution in [0.5, 0.6) is 0 Å². The summed E-state index contributed by atoms with van der Waals surface area (Å²) in [6.45, 7) is 2.03. The van der Waals surface area contributed by atoms with Crippen LogP contribution < -0.4 is 10.6 Å². The highest BCUT2D eigenvalue weighted by molar-refractivity contribution is 7.98. The van der Waals surface area contributed by atoms with Gasteiger partial charge in [0.05, 0.1) is 5.69 Å². The molecule has 1 aliphatic rings. The fourth-order valence-electron chi connectivity index (χ4n) is 1.82. The number of anilines is 1. The van der Waals surface area contributed by atoms with Crippen LogP contribution in [-0.4, -0.2) is 36.4 Å². The molecule has 0 radical (unpaired) electrons. The Morgan fingerprint density at radius 2 is 2.07 bits per heavy atom. The molecule has 0 amide bonds. The molecule has 0 aliphatic carbocycles. The molecule has 1 aliphatic heterocycles. The van der Waals surface area contributed by atoms with Crippen molar-refractivity contribution in [3.05, 3.63) is 11.3 Å². The lowest BCUT2D eigenvalue weighted by molar-refractivity contribution is 0.707. The maximum absolute atomic E-state index is 4.57. The van der Waals surface area contributed by atoms with E-state index in [9.17, 15) is 0 Å². The van der Waals surface area contributed by atoms with E-state index in [-0.39, 0.29) is 0 Å². The first-order valence-electron chi connectivity index (χ1n) is 5.17. The third-order valence-corrected chi connectivity index (χ3v) is 3.13. The second-order valence-electron chi connectivity index (χ2n) is 3.48. The molecule has 0 aromatic carbocycles. The van der Waals surface area contributed by atoms with Gasteiger partial charge in [-0.1, -0.05) is 11.8 Å². The number of thioether (sulfide) groups is 1. The van der Waals surface area contributed by atoms with Crippen LogP contribution >= 0.6 is 11.8 Å². The fraction of sp³-hybridized carbons (Fsp3) is 0.600. The zero-order valence-electron chi connectivity index (χ0n) is 9.13. The molecule has 2 N–H and O–H groups in total. The average molecular weight is 224 g/mol. The largest absolute Gasteiger partial charge is 0.373 e. The van der Waals surface area contributed by atoms with Crippen molar-refractivity contribution in [3.63, 3.8) is 0 Å². The first kappa shape index (κ1) is 10.7. The summed E-state index contributed by atoms with van der Waals surface area (Å²) >= 11 is 1.60. The van der Waals surface area contributed by atoms with E-state index in [1.54, 1.807) is 11.8 Å². The van der Waals surface area contributed by atoms with Crippen molar-refractivity contribution in [3.8, 4) is 0 Å². The highest BCUT2D eigenvalue weighted by Gasteiger charge is 2.15. The molecular formula is C10H16N4S. The van der Waals surface area contributed by atoms with Crippen LogP contribution in [0.15, 0.2) is 5.16 Å². The van der Waals surface area contributed by atoms with E-state index in [0.717, 1.165) is 36.9 Å². The van der Waals surface area contributed by atoms with Gasteiger partial charge in [0.25, 0.3) is 0 Å². The molecule has 4 nitrogen and oxygen atoms in total. The zero-order chi connectivity index (χ0) is 10.7. The van der Waals surface area contributed by atoms with E-state index in [4.69, 9.17) is 0 Å². The number of nitrogens with zero attached hydrogens (tertiary/aromatic N) is 2. The maximum atomic E-state index is 4.57. The Hall–Kier alpha value is -0.810. The third-order valence-electron chi connectivity index (χ3n) is 2.58. The molecule has 1 aromatic rings. The molecule has 0 saturated heterocycles. The summed E-state index contributed by atoms with van der Waals surface area (Å²) in [7, 11) is 1.92. The van der Waals surface area contributed by atoms with Gasteiger partial charge in [-0.05, 0) is 19.2 Å². The Balaban J connectivity index is 2.45. The summed E-state index contributed by atoms with van der Waals surface area (Å²) in [5.74, 6) is 0.994. The van der Waals surface area contributed by atoms with Crippen molar-refractivity contribution in [2.75, 3.05) is 31.7 Å². The summed E-state index contributed by atoms with van der Waals surface area (Å²) in [5, 5.41) is 7.41. The Bertz CT molecular complexity index is 354. The van der Waals surface area contributed by atoms with Crippen LogP contribution in [0.25, 0.3) is 0 Å². The van der Waals surface area contributed by atoms with Crippen molar-refractivity contribution in [1.82, 2.24) is 15.3 Å². The zero-order valence-corrected chi connectivity index (χ0v) is 9.95. The topological polar surface area (TPSA) is 49.8 Å². The number of aromatic nitrogens is 2. The fourth-order valence-corrected chi connectivity index (χ4v) is 2.20. The lowest BCUT2D eigenvalue weighted by Crippen LogP contribution is -2.16. The van der Waals surface area contributed by atoms with Crippen LogP contribution in [0.3, 0.4) is 0 Å². The Kier molecular flexibility index (Phi) is 3.43. The molecule has 0 saturated carbocycles. The second-order valence-corrected chi connectivity index (χ2v) is 4.26. The summed E-state index contributed by atoms with van der Waals surface area (Å²) < 4.78 is 0. The van der Waals surface area contributed by atoms with Gasteiger partial charge < -0.3 is 10.6 Å². The average Bonchev–Trinajstić information content (AvgIpc) is 2.52. The number of hydrogen-bond acceptors (Lipinski definition) is 5. The van der Waals surface area contributed by atoms with Gasteiger partial charge in [0, 0.05) is 25.6 Å². The molecule has 0 atom stereocenters. The maximum Gasteiger partial charge on any atom is 0.189 e. The first-order chi connectivity index (χ1) is 7.35. The molecule has 0 unspecified atom stereocenters. The van der Waals surface area contributed by atoms with Crippen molar-refractivity contribution in [1.29, 1.82) is 0 Å². The van der Waals surface area contributed by atoms with E-state index < -0.39 is 0 Å². The number of rotatable bonds is 2. The second kappa shape index (κ2) is 4.81. The van der Waals surface area contributed by atoms with E-state index in [2.05, 4.69) is 20.6 Å². The predicted octanol–water partition coefficient (Wildman–Crippen LogP) is 0.928. The van der Waals surface area contributed by atoms with Gasteiger partial charge in [0.1, 0.15) is 5.82 Å². The van der Waals surface area contributed by atoms with E-state index in [1.807, 2.05) is 13.3 Å². The van der Waals surface area contributed by atoms with Gasteiger partial charge in [-0.3, -0.25) is 0 Å². The molecule has 5 heteroatoms. The minimum Gasteiger partial charge on any atom is -0.373 e. The molecule has 2 rings (SSSR count). The van der Waals surface area contributed by atoms with Gasteiger partial charge in [-0.2, -0.15) is 0 Å². The SMILES string of the molecule is CNc1nc(SC)nc2c1CCNCC2. The van der Waals surface area contributed by atoms with Crippen LogP contribution in [0.1, 0.15) is 11.3 Å². The summed E-state index contributed by atoms with van der Waals surface area (Å²) in [4.78, 5) is 9.05. The van der Waals surface area contributed by atoms with Crippen LogP contribution in [-0.2, 0) is 12.8 Å². The highest BCUT2D eigenvalue weighted by atomic mass is 32.2. The van der Waals surface area contributed by atoms with E-state index in [0.29, 0.717) is 0 Å². The quantitative estimate of drug-likeness (QED) is 0.578. The Morgan fingerprint density at radius 1 is 1.27 bits per heavy atom. The minimum atomic E-state index is 0.861. The smallest absolute Gasteiger partial charge is 0.189 e. The van der Waals surface area contributed by atoms with Crippen LogP contribution in [0.4, 0.5) is 5.82 Å². The molecule has 15 heavy (non-hydrogen) atoms. The molecule has 0 spiro atoms. The van der Waals surface area contributed by atoms with Gasteiger partial charge in [0.2, 0.25) is 0 Å². The number of nitrogens with one attached hydrogen (secondary N) is 2. The monoisotopic (exact) mass is 224 g/mol. The standard InChI is InChI=1S/C10H16N4S/c1-11-9-7-3-5-12-6-4-8(7)13-10(14-9)15-2/h12H,3-6H2,1-2H3,(H,11,13,14). The van der Waals surface area contributed by atoms with Gasteiger partial charge >= 0.3 is 0 Å². The minimum absolute atomic E-state index is 0.861. The van der Waals surface area contributed by atoms with Crippen molar-refractivity contribution >= 4 is 17.6 Å². The number of fused-ring (bicyclic) bond motifs is 1. The van der Waals surface area contributed by atoms with Crippen molar-refractivity contribution in [2.24, 2.45) is 0 Å². The lowest BCUT2D eigenvalue weighted by Gasteiger charge is -2.11. The molecule has 82 valence electrons. The van der Waals surface area contributed by atoms with Crippen LogP contribution in [0, 0.1) is 0 Å². The molecule has 2 heterocycles.